The van der Waals surface area contributed by atoms with Crippen molar-refractivity contribution in [1.29, 1.82) is 0 Å². The van der Waals surface area contributed by atoms with Crippen LogP contribution in [0.2, 0.25) is 0 Å². The van der Waals surface area contributed by atoms with Gasteiger partial charge in [-0.1, -0.05) is 40.0 Å². The summed E-state index contributed by atoms with van der Waals surface area (Å²) in [7, 11) is 1.79. The Morgan fingerprint density at radius 1 is 1.19 bits per heavy atom. The monoisotopic (exact) mass is 227 g/mol. The fourth-order valence-electron chi connectivity index (χ4n) is 3.12. The summed E-state index contributed by atoms with van der Waals surface area (Å²) in [6.45, 7) is 6.70. The summed E-state index contributed by atoms with van der Waals surface area (Å²) in [4.78, 5) is 0. The van der Waals surface area contributed by atoms with Crippen LogP contribution in [-0.4, -0.2) is 19.3 Å². The summed E-state index contributed by atoms with van der Waals surface area (Å²) >= 11 is 0. The first-order chi connectivity index (χ1) is 7.60. The number of ether oxygens (including phenoxy) is 1. The lowest BCUT2D eigenvalue weighted by atomic mass is 9.75. The van der Waals surface area contributed by atoms with Crippen molar-refractivity contribution in [2.24, 2.45) is 23.5 Å². The van der Waals surface area contributed by atoms with E-state index in [2.05, 4.69) is 20.8 Å². The number of nitrogens with two attached hydrogens (primary N) is 1. The molecule has 1 aliphatic carbocycles. The minimum absolute atomic E-state index is 0.225. The number of rotatable bonds is 5. The van der Waals surface area contributed by atoms with Gasteiger partial charge in [0.25, 0.3) is 0 Å². The molecule has 1 rings (SSSR count). The molecule has 96 valence electrons. The molecule has 1 aliphatic rings. The van der Waals surface area contributed by atoms with E-state index in [4.69, 9.17) is 10.5 Å². The van der Waals surface area contributed by atoms with Crippen LogP contribution in [0.1, 0.15) is 52.9 Å². The van der Waals surface area contributed by atoms with Crippen molar-refractivity contribution in [2.75, 3.05) is 7.11 Å². The molecular weight excluding hydrogens is 198 g/mol. The van der Waals surface area contributed by atoms with E-state index in [1.54, 1.807) is 7.11 Å². The molecule has 2 atom stereocenters. The van der Waals surface area contributed by atoms with Crippen LogP contribution in [0.25, 0.3) is 0 Å². The van der Waals surface area contributed by atoms with Crippen molar-refractivity contribution in [2.45, 2.75) is 65.0 Å². The summed E-state index contributed by atoms with van der Waals surface area (Å²) in [6, 6.07) is 0.225. The van der Waals surface area contributed by atoms with Crippen LogP contribution in [-0.2, 0) is 4.74 Å². The quantitative estimate of drug-likeness (QED) is 0.783. The summed E-state index contributed by atoms with van der Waals surface area (Å²) in [5.74, 6) is 2.14. The minimum Gasteiger partial charge on any atom is -0.380 e. The molecule has 0 radical (unpaired) electrons. The Kier molecular flexibility index (Phi) is 5.77. The van der Waals surface area contributed by atoms with Crippen molar-refractivity contribution >= 4 is 0 Å². The van der Waals surface area contributed by atoms with E-state index >= 15 is 0 Å². The highest BCUT2D eigenvalue weighted by atomic mass is 16.5. The van der Waals surface area contributed by atoms with Gasteiger partial charge in [-0.3, -0.25) is 0 Å². The molecule has 0 heterocycles. The van der Waals surface area contributed by atoms with Gasteiger partial charge in [0.05, 0.1) is 6.10 Å². The average Bonchev–Trinajstić information content (AvgIpc) is 2.29. The fraction of sp³-hybridized carbons (Fsp3) is 1.00. The minimum atomic E-state index is 0.225. The molecule has 2 N–H and O–H groups in total. The van der Waals surface area contributed by atoms with Gasteiger partial charge < -0.3 is 10.5 Å². The van der Waals surface area contributed by atoms with Crippen molar-refractivity contribution in [1.82, 2.24) is 0 Å². The van der Waals surface area contributed by atoms with Gasteiger partial charge in [0.2, 0.25) is 0 Å². The maximum atomic E-state index is 6.37. The van der Waals surface area contributed by atoms with E-state index in [-0.39, 0.29) is 12.1 Å². The van der Waals surface area contributed by atoms with Crippen molar-refractivity contribution in [3.8, 4) is 0 Å². The van der Waals surface area contributed by atoms with E-state index in [1.807, 2.05) is 0 Å². The maximum Gasteiger partial charge on any atom is 0.0747 e. The van der Waals surface area contributed by atoms with Crippen molar-refractivity contribution < 1.29 is 4.74 Å². The Balaban J connectivity index is 2.45. The first kappa shape index (κ1) is 14.0. The molecular formula is C14H29NO. The molecule has 0 aromatic heterocycles. The Bertz CT molecular complexity index is 185. The van der Waals surface area contributed by atoms with Gasteiger partial charge >= 0.3 is 0 Å². The van der Waals surface area contributed by atoms with Crippen LogP contribution in [0.5, 0.6) is 0 Å². The number of hydrogen-bond donors (Lipinski definition) is 1. The van der Waals surface area contributed by atoms with Gasteiger partial charge in [0.15, 0.2) is 0 Å². The molecule has 0 aromatic carbocycles. The summed E-state index contributed by atoms with van der Waals surface area (Å²) in [5.41, 5.74) is 6.37. The lowest BCUT2D eigenvalue weighted by Crippen LogP contribution is -2.46. The second-order valence-corrected chi connectivity index (χ2v) is 5.71. The lowest BCUT2D eigenvalue weighted by Gasteiger charge is -2.36. The molecule has 0 bridgehead atoms. The van der Waals surface area contributed by atoms with Crippen molar-refractivity contribution in [3.63, 3.8) is 0 Å². The Labute approximate surface area is 101 Å². The highest BCUT2D eigenvalue weighted by Gasteiger charge is 2.31. The van der Waals surface area contributed by atoms with Crippen LogP contribution in [0.15, 0.2) is 0 Å². The molecule has 0 aromatic rings. The van der Waals surface area contributed by atoms with Crippen molar-refractivity contribution in [3.05, 3.63) is 0 Å². The summed E-state index contributed by atoms with van der Waals surface area (Å²) in [6.07, 6.45) is 6.88. The third-order valence-electron chi connectivity index (χ3n) is 4.32. The average molecular weight is 227 g/mol. The normalized spacial score (nSPS) is 30.4. The second-order valence-electron chi connectivity index (χ2n) is 5.71. The second kappa shape index (κ2) is 6.61. The molecule has 0 spiro atoms. The molecule has 2 heteroatoms. The Hall–Kier alpha value is -0.0800. The van der Waals surface area contributed by atoms with Gasteiger partial charge in [-0.15, -0.1) is 0 Å². The van der Waals surface area contributed by atoms with Crippen LogP contribution in [0, 0.1) is 17.8 Å². The number of methoxy groups -OCH3 is 1. The van der Waals surface area contributed by atoms with Gasteiger partial charge in [-0.2, -0.15) is 0 Å². The number of hydrogen-bond acceptors (Lipinski definition) is 2. The third kappa shape index (κ3) is 3.46. The SMILES string of the molecule is CCC1CCC(C(N)C(OC)C(C)C)CC1. The fourth-order valence-corrected chi connectivity index (χ4v) is 3.12. The van der Waals surface area contributed by atoms with Gasteiger partial charge in [0, 0.05) is 13.2 Å². The van der Waals surface area contributed by atoms with E-state index in [0.29, 0.717) is 11.8 Å². The first-order valence-corrected chi connectivity index (χ1v) is 6.88. The highest BCUT2D eigenvalue weighted by Crippen LogP contribution is 2.33. The molecule has 0 aliphatic heterocycles. The standard InChI is InChI=1S/C14H29NO/c1-5-11-6-8-12(9-7-11)13(15)14(16-4)10(2)3/h10-14H,5-9,15H2,1-4H3. The molecule has 1 saturated carbocycles. The smallest absolute Gasteiger partial charge is 0.0747 e. The van der Waals surface area contributed by atoms with Gasteiger partial charge in [-0.25, -0.2) is 0 Å². The molecule has 16 heavy (non-hydrogen) atoms. The maximum absolute atomic E-state index is 6.37. The van der Waals surface area contributed by atoms with Crippen LogP contribution >= 0.6 is 0 Å². The molecule has 0 amide bonds. The van der Waals surface area contributed by atoms with Crippen LogP contribution in [0.4, 0.5) is 0 Å². The van der Waals surface area contributed by atoms with E-state index in [0.717, 1.165) is 5.92 Å². The highest BCUT2D eigenvalue weighted by molar-refractivity contribution is 4.86. The van der Waals surface area contributed by atoms with Gasteiger partial charge in [-0.05, 0) is 30.6 Å². The van der Waals surface area contributed by atoms with E-state index in [1.165, 1.54) is 32.1 Å². The predicted molar refractivity (Wildman–Crippen MR) is 69.3 cm³/mol. The topological polar surface area (TPSA) is 35.2 Å². The Morgan fingerprint density at radius 2 is 1.75 bits per heavy atom. The largest absolute Gasteiger partial charge is 0.380 e. The first-order valence-electron chi connectivity index (χ1n) is 6.88. The zero-order valence-electron chi connectivity index (χ0n) is 11.4. The zero-order valence-corrected chi connectivity index (χ0v) is 11.4. The Morgan fingerprint density at radius 3 is 2.12 bits per heavy atom. The molecule has 0 saturated heterocycles. The zero-order chi connectivity index (χ0) is 12.1. The summed E-state index contributed by atoms with van der Waals surface area (Å²) < 4.78 is 5.55. The van der Waals surface area contributed by atoms with Crippen LogP contribution < -0.4 is 5.73 Å². The molecule has 2 nitrogen and oxygen atoms in total. The van der Waals surface area contributed by atoms with Crippen LogP contribution in [0.3, 0.4) is 0 Å². The van der Waals surface area contributed by atoms with E-state index < -0.39 is 0 Å². The summed E-state index contributed by atoms with van der Waals surface area (Å²) in [5, 5.41) is 0. The third-order valence-corrected chi connectivity index (χ3v) is 4.32. The lowest BCUT2D eigenvalue weighted by molar-refractivity contribution is 0.0188. The molecule has 1 fully saturated rings. The van der Waals surface area contributed by atoms with E-state index in [9.17, 15) is 0 Å². The predicted octanol–water partition coefficient (Wildman–Crippen LogP) is 3.20. The molecule has 2 unspecified atom stereocenters. The van der Waals surface area contributed by atoms with Gasteiger partial charge in [0.1, 0.15) is 0 Å².